The Labute approximate surface area is 61.1 Å². The summed E-state index contributed by atoms with van der Waals surface area (Å²) < 4.78 is 0. The number of pyridine rings is 1. The Bertz CT molecular complexity index is 281. The van der Waals surface area contributed by atoms with Crippen molar-refractivity contribution < 1.29 is 0 Å². The van der Waals surface area contributed by atoms with Gasteiger partial charge in [-0.3, -0.25) is 4.98 Å². The lowest BCUT2D eigenvalue weighted by atomic mass is 10.1. The molecule has 0 bridgehead atoms. The van der Waals surface area contributed by atoms with E-state index in [1.807, 2.05) is 19.9 Å². The second-order valence-corrected chi connectivity index (χ2v) is 2.21. The maximum atomic E-state index is 5.24. The number of rotatable bonds is 0. The van der Waals surface area contributed by atoms with Crippen molar-refractivity contribution in [3.63, 3.8) is 0 Å². The van der Waals surface area contributed by atoms with Crippen LogP contribution in [0.2, 0.25) is 0 Å². The molecule has 1 aromatic rings. The molecular formula is C9H9N. The summed E-state index contributed by atoms with van der Waals surface area (Å²) in [4.78, 5) is 4.09. The van der Waals surface area contributed by atoms with Gasteiger partial charge in [-0.15, -0.1) is 6.42 Å². The maximum Gasteiger partial charge on any atom is 0.0414 e. The van der Waals surface area contributed by atoms with E-state index in [0.29, 0.717) is 0 Å². The van der Waals surface area contributed by atoms with Gasteiger partial charge in [0, 0.05) is 17.5 Å². The lowest BCUT2D eigenvalue weighted by Gasteiger charge is -1.99. The third-order valence-corrected chi connectivity index (χ3v) is 1.61. The van der Waals surface area contributed by atoms with Crippen LogP contribution in [0.1, 0.15) is 16.8 Å². The molecular weight excluding hydrogens is 122 g/mol. The number of terminal acetylenes is 1. The van der Waals surface area contributed by atoms with Gasteiger partial charge in [0.15, 0.2) is 0 Å². The molecule has 0 unspecified atom stereocenters. The topological polar surface area (TPSA) is 12.9 Å². The predicted octanol–water partition coefficient (Wildman–Crippen LogP) is 1.68. The van der Waals surface area contributed by atoms with Gasteiger partial charge in [0.05, 0.1) is 0 Å². The Balaban J connectivity index is 3.31. The summed E-state index contributed by atoms with van der Waals surface area (Å²) in [5.74, 6) is 2.60. The summed E-state index contributed by atoms with van der Waals surface area (Å²) in [5, 5.41) is 0. The van der Waals surface area contributed by atoms with Gasteiger partial charge in [0.1, 0.15) is 0 Å². The van der Waals surface area contributed by atoms with E-state index < -0.39 is 0 Å². The molecule has 0 radical (unpaired) electrons. The lowest BCUT2D eigenvalue weighted by Crippen LogP contribution is -1.89. The lowest BCUT2D eigenvalue weighted by molar-refractivity contribution is 1.14. The van der Waals surface area contributed by atoms with Crippen LogP contribution in [-0.2, 0) is 0 Å². The van der Waals surface area contributed by atoms with Crippen LogP contribution < -0.4 is 0 Å². The largest absolute Gasteiger partial charge is 0.261 e. The number of aryl methyl sites for hydroxylation is 1. The molecule has 0 fully saturated rings. The molecule has 0 N–H and O–H groups in total. The van der Waals surface area contributed by atoms with E-state index in [0.717, 1.165) is 16.8 Å². The number of aromatic nitrogens is 1. The van der Waals surface area contributed by atoms with Crippen molar-refractivity contribution >= 4 is 0 Å². The normalized spacial score (nSPS) is 8.90. The van der Waals surface area contributed by atoms with E-state index in [4.69, 9.17) is 6.42 Å². The van der Waals surface area contributed by atoms with Crippen molar-refractivity contribution in [2.45, 2.75) is 13.8 Å². The van der Waals surface area contributed by atoms with E-state index in [2.05, 4.69) is 10.9 Å². The molecule has 0 aromatic carbocycles. The highest BCUT2D eigenvalue weighted by molar-refractivity contribution is 5.39. The van der Waals surface area contributed by atoms with Gasteiger partial charge in [0.2, 0.25) is 0 Å². The minimum absolute atomic E-state index is 0.938. The first-order valence-electron chi connectivity index (χ1n) is 3.14. The summed E-state index contributed by atoms with van der Waals surface area (Å²) in [5.41, 5.74) is 3.05. The molecule has 1 heteroatoms. The molecule has 0 spiro atoms. The monoisotopic (exact) mass is 131 g/mol. The molecule has 0 saturated carbocycles. The fourth-order valence-corrected chi connectivity index (χ4v) is 0.797. The molecule has 10 heavy (non-hydrogen) atoms. The van der Waals surface area contributed by atoms with Gasteiger partial charge in [-0.1, -0.05) is 5.92 Å². The van der Waals surface area contributed by atoms with Crippen LogP contribution in [0, 0.1) is 26.2 Å². The standard InChI is InChI=1S/C9H9N/c1-4-9-5-6-10-8(3)7(9)2/h1,5-6H,2-3H3. The van der Waals surface area contributed by atoms with Crippen LogP contribution in [0.15, 0.2) is 12.3 Å². The molecule has 0 aliphatic heterocycles. The first kappa shape index (κ1) is 6.82. The molecule has 1 nitrogen and oxygen atoms in total. The molecule has 1 heterocycles. The molecule has 0 amide bonds. The molecule has 50 valence electrons. The summed E-state index contributed by atoms with van der Waals surface area (Å²) in [6, 6.07) is 1.85. The number of hydrogen-bond acceptors (Lipinski definition) is 1. The van der Waals surface area contributed by atoms with Crippen LogP contribution >= 0.6 is 0 Å². The fourth-order valence-electron chi connectivity index (χ4n) is 0.797. The Kier molecular flexibility index (Phi) is 1.73. The van der Waals surface area contributed by atoms with Gasteiger partial charge in [0.25, 0.3) is 0 Å². The van der Waals surface area contributed by atoms with Crippen molar-refractivity contribution in [1.29, 1.82) is 0 Å². The second-order valence-electron chi connectivity index (χ2n) is 2.21. The molecule has 0 atom stereocenters. The molecule has 0 aliphatic carbocycles. The van der Waals surface area contributed by atoms with Crippen LogP contribution in [-0.4, -0.2) is 4.98 Å². The first-order valence-corrected chi connectivity index (χ1v) is 3.14. The first-order chi connectivity index (χ1) is 4.75. The van der Waals surface area contributed by atoms with Crippen LogP contribution in [0.25, 0.3) is 0 Å². The van der Waals surface area contributed by atoms with Crippen molar-refractivity contribution in [2.75, 3.05) is 0 Å². The van der Waals surface area contributed by atoms with Crippen LogP contribution in [0.3, 0.4) is 0 Å². The summed E-state index contributed by atoms with van der Waals surface area (Å²) in [7, 11) is 0. The highest BCUT2D eigenvalue weighted by Gasteiger charge is 1.96. The SMILES string of the molecule is C#Cc1ccnc(C)c1C. The Morgan fingerprint density at radius 3 is 2.70 bits per heavy atom. The zero-order valence-corrected chi connectivity index (χ0v) is 6.18. The zero-order chi connectivity index (χ0) is 7.56. The van der Waals surface area contributed by atoms with E-state index in [1.165, 1.54) is 0 Å². The Morgan fingerprint density at radius 1 is 1.50 bits per heavy atom. The van der Waals surface area contributed by atoms with E-state index in [9.17, 15) is 0 Å². The summed E-state index contributed by atoms with van der Waals surface area (Å²) in [6.07, 6.45) is 6.98. The van der Waals surface area contributed by atoms with Crippen molar-refractivity contribution in [2.24, 2.45) is 0 Å². The molecule has 0 aliphatic rings. The average molecular weight is 131 g/mol. The van der Waals surface area contributed by atoms with Crippen LogP contribution in [0.4, 0.5) is 0 Å². The Morgan fingerprint density at radius 2 is 2.20 bits per heavy atom. The highest BCUT2D eigenvalue weighted by Crippen LogP contribution is 2.07. The zero-order valence-electron chi connectivity index (χ0n) is 6.18. The molecule has 1 aromatic heterocycles. The average Bonchev–Trinajstić information content (AvgIpc) is 1.95. The number of nitrogens with zero attached hydrogens (tertiary/aromatic N) is 1. The minimum atomic E-state index is 0.938. The Hall–Kier alpha value is -1.29. The van der Waals surface area contributed by atoms with E-state index in [-0.39, 0.29) is 0 Å². The number of hydrogen-bond donors (Lipinski definition) is 0. The van der Waals surface area contributed by atoms with Gasteiger partial charge >= 0.3 is 0 Å². The minimum Gasteiger partial charge on any atom is -0.261 e. The summed E-state index contributed by atoms with van der Waals surface area (Å²) in [6.45, 7) is 3.94. The third kappa shape index (κ3) is 1.01. The quantitative estimate of drug-likeness (QED) is 0.488. The maximum absolute atomic E-state index is 5.24. The molecule has 0 saturated heterocycles. The smallest absolute Gasteiger partial charge is 0.0414 e. The van der Waals surface area contributed by atoms with Crippen LogP contribution in [0.5, 0.6) is 0 Å². The van der Waals surface area contributed by atoms with Crippen molar-refractivity contribution in [3.05, 3.63) is 29.1 Å². The molecule has 1 rings (SSSR count). The second kappa shape index (κ2) is 2.53. The van der Waals surface area contributed by atoms with Gasteiger partial charge in [-0.25, -0.2) is 0 Å². The van der Waals surface area contributed by atoms with Crippen molar-refractivity contribution in [3.8, 4) is 12.3 Å². The van der Waals surface area contributed by atoms with Gasteiger partial charge in [-0.05, 0) is 25.5 Å². The van der Waals surface area contributed by atoms with Gasteiger partial charge in [-0.2, -0.15) is 0 Å². The third-order valence-electron chi connectivity index (χ3n) is 1.61. The highest BCUT2D eigenvalue weighted by atomic mass is 14.7. The predicted molar refractivity (Wildman–Crippen MR) is 41.6 cm³/mol. The van der Waals surface area contributed by atoms with E-state index in [1.54, 1.807) is 6.20 Å². The summed E-state index contributed by atoms with van der Waals surface area (Å²) >= 11 is 0. The van der Waals surface area contributed by atoms with Gasteiger partial charge < -0.3 is 0 Å². The van der Waals surface area contributed by atoms with E-state index >= 15 is 0 Å². The fraction of sp³-hybridized carbons (Fsp3) is 0.222. The van der Waals surface area contributed by atoms with Crippen molar-refractivity contribution in [1.82, 2.24) is 4.98 Å².